The summed E-state index contributed by atoms with van der Waals surface area (Å²) in [5, 5.41) is 13.0. The zero-order valence-electron chi connectivity index (χ0n) is 13.6. The maximum absolute atomic E-state index is 9.12. The van der Waals surface area contributed by atoms with Crippen LogP contribution in [0, 0.1) is 11.3 Å². The van der Waals surface area contributed by atoms with Crippen molar-refractivity contribution >= 4 is 45.5 Å². The Kier molecular flexibility index (Phi) is 9.03. The Hall–Kier alpha value is -0.610. The number of hydrogen-bond donors (Lipinski definition) is 2. The molecule has 0 saturated carbocycles. The lowest BCUT2D eigenvalue weighted by atomic mass is 9.96. The van der Waals surface area contributed by atoms with Crippen LogP contribution in [0.25, 0.3) is 0 Å². The highest BCUT2D eigenvalue weighted by molar-refractivity contribution is 8.11. The smallest absolute Gasteiger partial charge is 0.135 e. The third kappa shape index (κ3) is 5.54. The van der Waals surface area contributed by atoms with Gasteiger partial charge in [0.15, 0.2) is 0 Å². The van der Waals surface area contributed by atoms with Gasteiger partial charge < -0.3 is 10.2 Å². The summed E-state index contributed by atoms with van der Waals surface area (Å²) in [5.41, 5.74) is 1.99. The highest BCUT2D eigenvalue weighted by atomic mass is 32.1. The van der Waals surface area contributed by atoms with Gasteiger partial charge in [-0.25, -0.2) is 0 Å². The van der Waals surface area contributed by atoms with Crippen LogP contribution >= 0.6 is 36.2 Å². The van der Waals surface area contributed by atoms with E-state index in [0.29, 0.717) is 4.32 Å². The van der Waals surface area contributed by atoms with Gasteiger partial charge in [0.1, 0.15) is 15.4 Å². The van der Waals surface area contributed by atoms with Crippen LogP contribution in [0.15, 0.2) is 0 Å². The fraction of sp³-hybridized carbons (Fsp3) is 0.625. The van der Waals surface area contributed by atoms with Crippen molar-refractivity contribution < 1.29 is 0 Å². The molecule has 1 N–H and O–H groups in total. The van der Waals surface area contributed by atoms with Gasteiger partial charge in [-0.15, -0.1) is 24.0 Å². The number of thiocarbonyl (C=S) groups is 1. The molecule has 0 atom stereocenters. The van der Waals surface area contributed by atoms with Crippen molar-refractivity contribution in [3.05, 3.63) is 16.0 Å². The van der Waals surface area contributed by atoms with Crippen molar-refractivity contribution in [1.29, 1.82) is 5.26 Å². The summed E-state index contributed by atoms with van der Waals surface area (Å²) in [4.78, 5) is 3.71. The molecule has 22 heavy (non-hydrogen) atoms. The molecule has 122 valence electrons. The van der Waals surface area contributed by atoms with Gasteiger partial charge in [-0.05, 0) is 50.9 Å². The molecule has 0 bridgehead atoms. The second-order valence-corrected chi connectivity index (χ2v) is 7.34. The van der Waals surface area contributed by atoms with Crippen molar-refractivity contribution in [3.8, 4) is 6.07 Å². The number of anilines is 1. The molecule has 0 fully saturated rings. The van der Waals surface area contributed by atoms with Crippen LogP contribution in [0.2, 0.25) is 0 Å². The lowest BCUT2D eigenvalue weighted by Gasteiger charge is -2.13. The predicted molar refractivity (Wildman–Crippen MR) is 104 cm³/mol. The Bertz CT molecular complexity index is 522. The van der Waals surface area contributed by atoms with Crippen molar-refractivity contribution in [2.24, 2.45) is 0 Å². The minimum Gasteiger partial charge on any atom is -0.332 e. The summed E-state index contributed by atoms with van der Waals surface area (Å²) >= 11 is 10.6. The lowest BCUT2D eigenvalue weighted by molar-refractivity contribution is 0.321. The third-order valence-electron chi connectivity index (χ3n) is 3.85. The summed E-state index contributed by atoms with van der Waals surface area (Å²) < 4.78 is 0.421. The van der Waals surface area contributed by atoms with Gasteiger partial charge in [-0.3, -0.25) is 0 Å². The van der Waals surface area contributed by atoms with E-state index in [9.17, 15) is 0 Å². The normalized spacial score (nSPS) is 12.9. The number of nitriles is 1. The molecule has 0 aliphatic heterocycles. The quantitative estimate of drug-likeness (QED) is 0.617. The largest absolute Gasteiger partial charge is 0.332 e. The summed E-state index contributed by atoms with van der Waals surface area (Å²) in [6.07, 6.45) is 4.53. The summed E-state index contributed by atoms with van der Waals surface area (Å²) in [6.45, 7) is 10.1. The Balaban J connectivity index is 0.000000295. The first-order valence-electron chi connectivity index (χ1n) is 7.84. The number of nitrogens with one attached hydrogen (secondary N) is 1. The minimum absolute atomic E-state index is 0.421. The van der Waals surface area contributed by atoms with Crippen molar-refractivity contribution in [2.75, 3.05) is 25.0 Å². The van der Waals surface area contributed by atoms with E-state index in [1.54, 1.807) is 11.3 Å². The van der Waals surface area contributed by atoms with E-state index in [1.807, 2.05) is 0 Å². The number of thiol groups is 1. The molecule has 0 aromatic carbocycles. The molecule has 0 spiro atoms. The Morgan fingerprint density at radius 2 is 1.86 bits per heavy atom. The van der Waals surface area contributed by atoms with Crippen molar-refractivity contribution in [1.82, 2.24) is 4.90 Å². The fourth-order valence-corrected chi connectivity index (χ4v) is 4.14. The number of rotatable bonds is 4. The molecule has 1 aromatic rings. The zero-order valence-corrected chi connectivity index (χ0v) is 16.1. The van der Waals surface area contributed by atoms with E-state index >= 15 is 0 Å². The molecule has 0 radical (unpaired) electrons. The third-order valence-corrected chi connectivity index (χ3v) is 5.27. The molecule has 0 unspecified atom stereocenters. The van der Waals surface area contributed by atoms with Crippen LogP contribution in [0.5, 0.6) is 0 Å². The Morgan fingerprint density at radius 3 is 2.32 bits per heavy atom. The van der Waals surface area contributed by atoms with Gasteiger partial charge in [-0.2, -0.15) is 5.26 Å². The van der Waals surface area contributed by atoms with E-state index < -0.39 is 0 Å². The fourth-order valence-electron chi connectivity index (χ4n) is 2.54. The zero-order chi connectivity index (χ0) is 16.5. The van der Waals surface area contributed by atoms with Crippen LogP contribution in [0.4, 0.5) is 5.00 Å². The highest BCUT2D eigenvalue weighted by Crippen LogP contribution is 2.37. The monoisotopic (exact) mass is 355 g/mol. The van der Waals surface area contributed by atoms with Gasteiger partial charge in [0.25, 0.3) is 0 Å². The molecule has 2 rings (SSSR count). The molecule has 3 nitrogen and oxygen atoms in total. The van der Waals surface area contributed by atoms with Crippen molar-refractivity contribution in [2.45, 2.75) is 46.5 Å². The minimum atomic E-state index is 0.421. The van der Waals surface area contributed by atoms with Gasteiger partial charge in [0, 0.05) is 4.88 Å². The molecule has 1 aliphatic carbocycles. The number of nitrogens with zero attached hydrogens (tertiary/aromatic N) is 2. The van der Waals surface area contributed by atoms with E-state index in [1.165, 1.54) is 42.9 Å². The second kappa shape index (κ2) is 10.2. The topological polar surface area (TPSA) is 39.1 Å². The van der Waals surface area contributed by atoms with Crippen LogP contribution in [-0.4, -0.2) is 28.9 Å². The molecular weight excluding hydrogens is 330 g/mol. The van der Waals surface area contributed by atoms with E-state index in [0.717, 1.165) is 23.4 Å². The van der Waals surface area contributed by atoms with E-state index in [4.69, 9.17) is 17.5 Å². The molecule has 1 heterocycles. The molecule has 1 aromatic heterocycles. The number of thiophene rings is 1. The number of fused-ring (bicyclic) bond motifs is 1. The predicted octanol–water partition coefficient (Wildman–Crippen LogP) is 4.47. The van der Waals surface area contributed by atoms with Gasteiger partial charge in [0.05, 0.1) is 5.56 Å². The average Bonchev–Trinajstić information content (AvgIpc) is 2.85. The summed E-state index contributed by atoms with van der Waals surface area (Å²) in [6, 6.07) is 2.26. The van der Waals surface area contributed by atoms with Crippen LogP contribution in [-0.2, 0) is 12.8 Å². The Labute approximate surface area is 149 Å². The molecule has 1 aliphatic rings. The van der Waals surface area contributed by atoms with Gasteiger partial charge in [0.2, 0.25) is 0 Å². The number of hydrogen-bond acceptors (Lipinski definition) is 4. The van der Waals surface area contributed by atoms with Crippen molar-refractivity contribution in [3.63, 3.8) is 0 Å². The van der Waals surface area contributed by atoms with Crippen LogP contribution < -0.4 is 5.32 Å². The standard InChI is InChI=1S/C10H10N2S3.C6H15N/c11-5-7-6-3-1-2-4-8(6)15-9(7)12-10(13)14;1-4-7(5-2)6-3/h1-4H2,(H2,12,13,14);4-6H2,1-3H3. The molecular formula is C16H25N3S3. The molecule has 6 heteroatoms. The first-order valence-corrected chi connectivity index (χ1v) is 9.51. The number of aryl methyl sites for hydroxylation is 1. The van der Waals surface area contributed by atoms with E-state index in [2.05, 4.69) is 49.7 Å². The second-order valence-electron chi connectivity index (χ2n) is 5.08. The van der Waals surface area contributed by atoms with Gasteiger partial charge in [-0.1, -0.05) is 33.0 Å². The molecule has 0 saturated heterocycles. The van der Waals surface area contributed by atoms with E-state index in [-0.39, 0.29) is 0 Å². The first kappa shape index (κ1) is 19.4. The lowest BCUT2D eigenvalue weighted by Crippen LogP contribution is -2.21. The Morgan fingerprint density at radius 1 is 1.27 bits per heavy atom. The van der Waals surface area contributed by atoms with Gasteiger partial charge >= 0.3 is 0 Å². The van der Waals surface area contributed by atoms with Crippen LogP contribution in [0.3, 0.4) is 0 Å². The average molecular weight is 356 g/mol. The summed E-state index contributed by atoms with van der Waals surface area (Å²) in [5.74, 6) is 0. The maximum Gasteiger partial charge on any atom is 0.135 e. The maximum atomic E-state index is 9.12. The van der Waals surface area contributed by atoms with Crippen LogP contribution in [0.1, 0.15) is 49.6 Å². The summed E-state index contributed by atoms with van der Waals surface area (Å²) in [7, 11) is 0. The SMILES string of the molecule is CCN(CC)CC.N#Cc1c(NC(=S)S)sc2c1CCCC2. The first-order chi connectivity index (χ1) is 10.6. The molecule has 0 amide bonds. The highest BCUT2D eigenvalue weighted by Gasteiger charge is 2.20.